The summed E-state index contributed by atoms with van der Waals surface area (Å²) < 4.78 is 2.28. The minimum atomic E-state index is 0.780. The van der Waals surface area contributed by atoms with Crippen molar-refractivity contribution in [3.05, 3.63) is 65.5 Å². The maximum absolute atomic E-state index is 4.76. The second-order valence-corrected chi connectivity index (χ2v) is 6.42. The topological polar surface area (TPSA) is 33.1 Å². The number of benzene rings is 2. The number of aryl methyl sites for hydroxylation is 1. The van der Waals surface area contributed by atoms with E-state index in [1.54, 1.807) is 0 Å². The molecule has 0 radical (unpaired) electrons. The molecular weight excluding hydrogens is 296 g/mol. The molecule has 0 unspecified atom stereocenters. The number of nitrogens with zero attached hydrogens (tertiary/aromatic N) is 3. The normalized spacial score (nSPS) is 11.5. The molecular formula is C20H26N4. The van der Waals surface area contributed by atoms with Crippen LogP contribution in [0.2, 0.25) is 0 Å². The highest BCUT2D eigenvalue weighted by molar-refractivity contribution is 5.75. The highest BCUT2D eigenvalue weighted by atomic mass is 15.1. The van der Waals surface area contributed by atoms with Gasteiger partial charge in [0.2, 0.25) is 0 Å². The van der Waals surface area contributed by atoms with Crippen molar-refractivity contribution < 1.29 is 0 Å². The quantitative estimate of drug-likeness (QED) is 0.724. The third kappa shape index (κ3) is 3.83. The van der Waals surface area contributed by atoms with E-state index in [9.17, 15) is 0 Å². The maximum Gasteiger partial charge on any atom is 0.123 e. The van der Waals surface area contributed by atoms with E-state index in [4.69, 9.17) is 4.98 Å². The molecule has 0 atom stereocenters. The molecule has 1 aromatic heterocycles. The van der Waals surface area contributed by atoms with Gasteiger partial charge >= 0.3 is 0 Å². The number of aromatic nitrogens is 2. The molecule has 4 heteroatoms. The summed E-state index contributed by atoms with van der Waals surface area (Å²) in [6, 6.07) is 17.2. The summed E-state index contributed by atoms with van der Waals surface area (Å²) in [5, 5.41) is 3.52. The van der Waals surface area contributed by atoms with Gasteiger partial charge in [0, 0.05) is 19.6 Å². The van der Waals surface area contributed by atoms with Crippen LogP contribution in [0.1, 0.15) is 23.9 Å². The van der Waals surface area contributed by atoms with E-state index >= 15 is 0 Å². The summed E-state index contributed by atoms with van der Waals surface area (Å²) in [4.78, 5) is 6.94. The summed E-state index contributed by atoms with van der Waals surface area (Å²) in [6.45, 7) is 5.73. The molecule has 0 bridgehead atoms. The number of imidazole rings is 1. The minimum Gasteiger partial charge on any atom is -0.327 e. The highest BCUT2D eigenvalue weighted by Gasteiger charge is 2.08. The number of nitrogens with one attached hydrogen (secondary N) is 1. The smallest absolute Gasteiger partial charge is 0.123 e. The Hall–Kier alpha value is -2.17. The molecule has 2 aromatic carbocycles. The summed E-state index contributed by atoms with van der Waals surface area (Å²) >= 11 is 0. The predicted molar refractivity (Wildman–Crippen MR) is 99.8 cm³/mol. The van der Waals surface area contributed by atoms with Gasteiger partial charge in [0.05, 0.1) is 17.6 Å². The average Bonchev–Trinajstić information content (AvgIpc) is 2.93. The number of hydrogen-bond acceptors (Lipinski definition) is 3. The van der Waals surface area contributed by atoms with Gasteiger partial charge in [0.25, 0.3) is 0 Å². The summed E-state index contributed by atoms with van der Waals surface area (Å²) in [5.74, 6) is 1.10. The lowest BCUT2D eigenvalue weighted by atomic mass is 10.1. The molecule has 3 rings (SSSR count). The third-order valence-corrected chi connectivity index (χ3v) is 4.18. The summed E-state index contributed by atoms with van der Waals surface area (Å²) in [5.41, 5.74) is 4.93. The molecule has 0 amide bonds. The fraction of sp³-hybridized carbons (Fsp3) is 0.350. The standard InChI is InChI=1S/C20H26N4/c1-4-24-19-8-6-5-7-18(19)22-20(24)14-21-13-16-9-11-17(12-10-16)15-23(2)3/h5-12,21H,4,13-15H2,1-3H3. The van der Waals surface area contributed by atoms with E-state index in [2.05, 4.69) is 78.3 Å². The molecule has 0 aliphatic heterocycles. The van der Waals surface area contributed by atoms with Crippen LogP contribution >= 0.6 is 0 Å². The van der Waals surface area contributed by atoms with Crippen molar-refractivity contribution in [1.82, 2.24) is 19.8 Å². The third-order valence-electron chi connectivity index (χ3n) is 4.18. The molecule has 1 N–H and O–H groups in total. The molecule has 3 aromatic rings. The van der Waals surface area contributed by atoms with Crippen LogP contribution in [0.15, 0.2) is 48.5 Å². The first kappa shape index (κ1) is 16.7. The summed E-state index contributed by atoms with van der Waals surface area (Å²) in [7, 11) is 4.19. The molecule has 0 saturated carbocycles. The van der Waals surface area contributed by atoms with E-state index in [-0.39, 0.29) is 0 Å². The van der Waals surface area contributed by atoms with Crippen molar-refractivity contribution in [1.29, 1.82) is 0 Å². The number of rotatable bonds is 7. The molecule has 1 heterocycles. The van der Waals surface area contributed by atoms with Gasteiger partial charge in [-0.2, -0.15) is 0 Å². The lowest BCUT2D eigenvalue weighted by Gasteiger charge is -2.11. The Bertz CT molecular complexity index is 787. The molecule has 0 saturated heterocycles. The predicted octanol–water partition coefficient (Wildman–Crippen LogP) is 3.41. The molecule has 4 nitrogen and oxygen atoms in total. The lowest BCUT2D eigenvalue weighted by molar-refractivity contribution is 0.402. The second-order valence-electron chi connectivity index (χ2n) is 6.42. The van der Waals surface area contributed by atoms with Gasteiger partial charge in [-0.25, -0.2) is 4.98 Å². The van der Waals surface area contributed by atoms with Crippen molar-refractivity contribution >= 4 is 11.0 Å². The minimum absolute atomic E-state index is 0.780. The van der Waals surface area contributed by atoms with Crippen LogP contribution in [0.4, 0.5) is 0 Å². The first-order chi connectivity index (χ1) is 11.7. The van der Waals surface area contributed by atoms with Crippen LogP contribution in [0.5, 0.6) is 0 Å². The van der Waals surface area contributed by atoms with Crippen LogP contribution in [-0.2, 0) is 26.2 Å². The number of fused-ring (bicyclic) bond motifs is 1. The van der Waals surface area contributed by atoms with Crippen LogP contribution < -0.4 is 5.32 Å². The van der Waals surface area contributed by atoms with Gasteiger partial charge in [-0.15, -0.1) is 0 Å². The second kappa shape index (κ2) is 7.60. The Kier molecular flexibility index (Phi) is 5.28. The zero-order chi connectivity index (χ0) is 16.9. The van der Waals surface area contributed by atoms with Gasteiger partial charge in [0.1, 0.15) is 5.82 Å². The van der Waals surface area contributed by atoms with E-state index in [0.29, 0.717) is 0 Å². The van der Waals surface area contributed by atoms with Gasteiger partial charge < -0.3 is 14.8 Å². The van der Waals surface area contributed by atoms with Crippen molar-refractivity contribution in [2.75, 3.05) is 14.1 Å². The fourth-order valence-corrected chi connectivity index (χ4v) is 3.06. The molecule has 126 valence electrons. The Morgan fingerprint density at radius 3 is 2.38 bits per heavy atom. The molecule has 0 fully saturated rings. The van der Waals surface area contributed by atoms with E-state index in [1.165, 1.54) is 16.6 Å². The molecule has 0 aliphatic carbocycles. The van der Waals surface area contributed by atoms with Gasteiger partial charge in [0.15, 0.2) is 0 Å². The summed E-state index contributed by atoms with van der Waals surface area (Å²) in [6.07, 6.45) is 0. The van der Waals surface area contributed by atoms with E-state index in [1.807, 2.05) is 6.07 Å². The monoisotopic (exact) mass is 322 g/mol. The van der Waals surface area contributed by atoms with Crippen molar-refractivity contribution in [3.8, 4) is 0 Å². The zero-order valence-corrected chi connectivity index (χ0v) is 14.8. The first-order valence-corrected chi connectivity index (χ1v) is 8.54. The Labute approximate surface area is 144 Å². The maximum atomic E-state index is 4.76. The number of para-hydroxylation sites is 2. The van der Waals surface area contributed by atoms with E-state index in [0.717, 1.165) is 37.5 Å². The molecule has 0 spiro atoms. The molecule has 24 heavy (non-hydrogen) atoms. The van der Waals surface area contributed by atoms with Crippen molar-refractivity contribution in [2.45, 2.75) is 33.1 Å². The van der Waals surface area contributed by atoms with Gasteiger partial charge in [-0.1, -0.05) is 36.4 Å². The van der Waals surface area contributed by atoms with Gasteiger partial charge in [-0.3, -0.25) is 0 Å². The zero-order valence-electron chi connectivity index (χ0n) is 14.8. The largest absolute Gasteiger partial charge is 0.327 e. The lowest BCUT2D eigenvalue weighted by Crippen LogP contribution is -2.16. The Morgan fingerprint density at radius 1 is 0.958 bits per heavy atom. The van der Waals surface area contributed by atoms with Crippen LogP contribution in [0, 0.1) is 0 Å². The van der Waals surface area contributed by atoms with Crippen LogP contribution in [-0.4, -0.2) is 28.5 Å². The first-order valence-electron chi connectivity index (χ1n) is 8.54. The fourth-order valence-electron chi connectivity index (χ4n) is 3.06. The Balaban J connectivity index is 1.62. The average molecular weight is 322 g/mol. The van der Waals surface area contributed by atoms with Crippen LogP contribution in [0.3, 0.4) is 0 Å². The molecule has 0 aliphatic rings. The Morgan fingerprint density at radius 2 is 1.67 bits per heavy atom. The van der Waals surface area contributed by atoms with Crippen molar-refractivity contribution in [2.24, 2.45) is 0 Å². The van der Waals surface area contributed by atoms with Crippen molar-refractivity contribution in [3.63, 3.8) is 0 Å². The number of hydrogen-bond donors (Lipinski definition) is 1. The highest BCUT2D eigenvalue weighted by Crippen LogP contribution is 2.16. The SMILES string of the molecule is CCn1c(CNCc2ccc(CN(C)C)cc2)nc2ccccc21. The van der Waals surface area contributed by atoms with E-state index < -0.39 is 0 Å². The van der Waals surface area contributed by atoms with Gasteiger partial charge in [-0.05, 0) is 44.3 Å². The van der Waals surface area contributed by atoms with Crippen LogP contribution in [0.25, 0.3) is 11.0 Å².